The van der Waals surface area contributed by atoms with Crippen molar-refractivity contribution in [2.75, 3.05) is 6.54 Å². The first-order valence-corrected chi connectivity index (χ1v) is 5.47. The van der Waals surface area contributed by atoms with E-state index in [0.717, 1.165) is 24.4 Å². The second kappa shape index (κ2) is 4.94. The van der Waals surface area contributed by atoms with Crippen LogP contribution in [0.15, 0.2) is 24.5 Å². The molecule has 2 heterocycles. The molecule has 0 amide bonds. The van der Waals surface area contributed by atoms with Gasteiger partial charge in [0.1, 0.15) is 0 Å². The average Bonchev–Trinajstić information content (AvgIpc) is 2.89. The summed E-state index contributed by atoms with van der Waals surface area (Å²) in [6, 6.07) is 4.33. The van der Waals surface area contributed by atoms with E-state index in [4.69, 9.17) is 0 Å². The molecular weight excluding hydrogens is 202 g/mol. The van der Waals surface area contributed by atoms with Gasteiger partial charge in [0.25, 0.3) is 0 Å². The van der Waals surface area contributed by atoms with E-state index < -0.39 is 0 Å². The highest BCUT2D eigenvalue weighted by Gasteiger charge is 2.05. The molecule has 0 saturated heterocycles. The molecule has 86 valence electrons. The summed E-state index contributed by atoms with van der Waals surface area (Å²) < 4.78 is 1.83. The third kappa shape index (κ3) is 2.70. The molecule has 0 aliphatic heterocycles. The van der Waals surface area contributed by atoms with E-state index in [0.29, 0.717) is 6.04 Å². The maximum atomic E-state index is 4.33. The van der Waals surface area contributed by atoms with Crippen LogP contribution in [-0.4, -0.2) is 26.5 Å². The third-order valence-electron chi connectivity index (χ3n) is 2.59. The van der Waals surface area contributed by atoms with Crippen LogP contribution in [0.3, 0.4) is 0 Å². The Morgan fingerprint density at radius 2 is 2.38 bits per heavy atom. The van der Waals surface area contributed by atoms with Gasteiger partial charge in [-0.25, -0.2) is 0 Å². The second-order valence-corrected chi connectivity index (χ2v) is 3.92. The van der Waals surface area contributed by atoms with Gasteiger partial charge in [0, 0.05) is 38.4 Å². The molecule has 2 N–H and O–H groups in total. The molecule has 16 heavy (non-hydrogen) atoms. The van der Waals surface area contributed by atoms with Gasteiger partial charge >= 0.3 is 0 Å². The smallest absolute Gasteiger partial charge is 0.0637 e. The molecule has 0 aliphatic rings. The molecule has 2 aromatic heterocycles. The molecule has 0 bridgehead atoms. The fraction of sp³-hybridized carbons (Fsp3) is 0.455. The van der Waals surface area contributed by atoms with Crippen molar-refractivity contribution in [2.45, 2.75) is 19.4 Å². The van der Waals surface area contributed by atoms with E-state index in [1.54, 1.807) is 6.20 Å². The van der Waals surface area contributed by atoms with Gasteiger partial charge in [0.2, 0.25) is 0 Å². The summed E-state index contributed by atoms with van der Waals surface area (Å²) in [5, 5.41) is 14.6. The lowest BCUT2D eigenvalue weighted by Gasteiger charge is -2.10. The topological polar surface area (TPSA) is 58.5 Å². The van der Waals surface area contributed by atoms with E-state index in [9.17, 15) is 0 Å². The third-order valence-corrected chi connectivity index (χ3v) is 2.59. The van der Waals surface area contributed by atoms with Gasteiger partial charge in [0.15, 0.2) is 0 Å². The zero-order chi connectivity index (χ0) is 11.4. The number of rotatable bonds is 5. The fourth-order valence-electron chi connectivity index (χ4n) is 1.63. The lowest BCUT2D eigenvalue weighted by atomic mass is 10.2. The summed E-state index contributed by atoms with van der Waals surface area (Å²) >= 11 is 0. The number of aryl methyl sites for hydroxylation is 1. The zero-order valence-electron chi connectivity index (χ0n) is 9.64. The molecule has 2 aromatic rings. The van der Waals surface area contributed by atoms with Crippen molar-refractivity contribution in [1.29, 1.82) is 0 Å². The minimum Gasteiger partial charge on any atom is -0.308 e. The van der Waals surface area contributed by atoms with E-state index in [1.165, 1.54) is 0 Å². The Bertz CT molecular complexity index is 417. The maximum Gasteiger partial charge on any atom is 0.0637 e. The first kappa shape index (κ1) is 10.9. The monoisotopic (exact) mass is 219 g/mol. The molecule has 0 aliphatic carbocycles. The summed E-state index contributed by atoms with van der Waals surface area (Å²) in [5.41, 5.74) is 2.23. The van der Waals surface area contributed by atoms with Crippen LogP contribution in [0, 0.1) is 0 Å². The van der Waals surface area contributed by atoms with Crippen molar-refractivity contribution < 1.29 is 0 Å². The SMILES string of the molecule is CC(NCCc1ccn(C)n1)c1ccn[nH]1. The summed E-state index contributed by atoms with van der Waals surface area (Å²) in [5.74, 6) is 0. The summed E-state index contributed by atoms with van der Waals surface area (Å²) in [6.07, 6.45) is 4.68. The quantitative estimate of drug-likeness (QED) is 0.790. The minimum absolute atomic E-state index is 0.297. The molecule has 0 radical (unpaired) electrons. The summed E-state index contributed by atoms with van der Waals surface area (Å²) in [4.78, 5) is 0. The maximum absolute atomic E-state index is 4.33. The molecule has 1 unspecified atom stereocenters. The van der Waals surface area contributed by atoms with Crippen LogP contribution < -0.4 is 5.32 Å². The first-order chi connectivity index (χ1) is 7.75. The molecule has 0 fully saturated rings. The number of nitrogens with one attached hydrogen (secondary N) is 2. The lowest BCUT2D eigenvalue weighted by Crippen LogP contribution is -2.21. The number of hydrogen-bond acceptors (Lipinski definition) is 3. The minimum atomic E-state index is 0.297. The Balaban J connectivity index is 1.76. The molecule has 5 heteroatoms. The van der Waals surface area contributed by atoms with Crippen LogP contribution in [0.1, 0.15) is 24.4 Å². The average molecular weight is 219 g/mol. The van der Waals surface area contributed by atoms with Crippen LogP contribution in [0.25, 0.3) is 0 Å². The number of aromatic amines is 1. The largest absolute Gasteiger partial charge is 0.308 e. The molecule has 0 spiro atoms. The Hall–Kier alpha value is -1.62. The highest BCUT2D eigenvalue weighted by atomic mass is 15.2. The predicted octanol–water partition coefficient (Wildman–Crippen LogP) is 1.04. The van der Waals surface area contributed by atoms with E-state index in [2.05, 4.69) is 27.5 Å². The van der Waals surface area contributed by atoms with E-state index >= 15 is 0 Å². The Morgan fingerprint density at radius 1 is 1.50 bits per heavy atom. The van der Waals surface area contributed by atoms with Crippen molar-refractivity contribution >= 4 is 0 Å². The van der Waals surface area contributed by atoms with Crippen LogP contribution in [0.5, 0.6) is 0 Å². The second-order valence-electron chi connectivity index (χ2n) is 3.92. The van der Waals surface area contributed by atoms with Crippen molar-refractivity contribution in [2.24, 2.45) is 7.05 Å². The van der Waals surface area contributed by atoms with Crippen molar-refractivity contribution in [1.82, 2.24) is 25.3 Å². The molecular formula is C11H17N5. The van der Waals surface area contributed by atoms with Crippen LogP contribution >= 0.6 is 0 Å². The molecule has 0 saturated carbocycles. The summed E-state index contributed by atoms with van der Waals surface area (Å²) in [7, 11) is 1.93. The normalized spacial score (nSPS) is 12.9. The zero-order valence-corrected chi connectivity index (χ0v) is 9.64. The fourth-order valence-corrected chi connectivity index (χ4v) is 1.63. The standard InChI is InChI=1S/C11H17N5/c1-9(11-4-7-13-14-11)12-6-3-10-5-8-16(2)15-10/h4-5,7-9,12H,3,6H2,1-2H3,(H,13,14). The first-order valence-electron chi connectivity index (χ1n) is 5.47. The van der Waals surface area contributed by atoms with Gasteiger partial charge in [-0.1, -0.05) is 0 Å². The molecule has 5 nitrogen and oxygen atoms in total. The Morgan fingerprint density at radius 3 is 3.00 bits per heavy atom. The van der Waals surface area contributed by atoms with Crippen molar-refractivity contribution in [3.05, 3.63) is 35.9 Å². The Kier molecular flexibility index (Phi) is 3.36. The predicted molar refractivity (Wildman–Crippen MR) is 61.9 cm³/mol. The van der Waals surface area contributed by atoms with Gasteiger partial charge < -0.3 is 5.32 Å². The van der Waals surface area contributed by atoms with E-state index in [-0.39, 0.29) is 0 Å². The molecule has 1 atom stereocenters. The van der Waals surface area contributed by atoms with Gasteiger partial charge in [-0.3, -0.25) is 9.78 Å². The number of nitrogens with zero attached hydrogens (tertiary/aromatic N) is 3. The van der Waals surface area contributed by atoms with Gasteiger partial charge in [-0.2, -0.15) is 10.2 Å². The van der Waals surface area contributed by atoms with Gasteiger partial charge in [-0.15, -0.1) is 0 Å². The van der Waals surface area contributed by atoms with Crippen LogP contribution in [-0.2, 0) is 13.5 Å². The lowest BCUT2D eigenvalue weighted by molar-refractivity contribution is 0.558. The Labute approximate surface area is 94.9 Å². The van der Waals surface area contributed by atoms with Gasteiger partial charge in [-0.05, 0) is 19.1 Å². The van der Waals surface area contributed by atoms with Gasteiger partial charge in [0.05, 0.1) is 11.4 Å². The summed E-state index contributed by atoms with van der Waals surface area (Å²) in [6.45, 7) is 3.03. The van der Waals surface area contributed by atoms with E-state index in [1.807, 2.05) is 30.1 Å². The number of aromatic nitrogens is 4. The highest BCUT2D eigenvalue weighted by Crippen LogP contribution is 2.06. The molecule has 0 aromatic carbocycles. The van der Waals surface area contributed by atoms with Crippen molar-refractivity contribution in [3.8, 4) is 0 Å². The highest BCUT2D eigenvalue weighted by molar-refractivity contribution is 5.04. The van der Waals surface area contributed by atoms with Crippen LogP contribution in [0.2, 0.25) is 0 Å². The molecule has 2 rings (SSSR count). The van der Waals surface area contributed by atoms with Crippen molar-refractivity contribution in [3.63, 3.8) is 0 Å². The number of hydrogen-bond donors (Lipinski definition) is 2. The number of H-pyrrole nitrogens is 1. The van der Waals surface area contributed by atoms with Crippen LogP contribution in [0.4, 0.5) is 0 Å².